The molecule has 0 spiro atoms. The molecule has 1 aromatic rings. The van der Waals surface area contributed by atoms with Gasteiger partial charge in [-0.25, -0.2) is 14.8 Å². The van der Waals surface area contributed by atoms with Gasteiger partial charge < -0.3 is 19.7 Å². The van der Waals surface area contributed by atoms with Crippen molar-refractivity contribution in [1.29, 1.82) is 0 Å². The summed E-state index contributed by atoms with van der Waals surface area (Å²) in [5.41, 5.74) is -0.759. The van der Waals surface area contributed by atoms with Crippen LogP contribution in [0.3, 0.4) is 0 Å². The largest absolute Gasteiger partial charge is 0.498 e. The Labute approximate surface area is 135 Å². The van der Waals surface area contributed by atoms with Crippen molar-refractivity contribution in [3.63, 3.8) is 0 Å². The van der Waals surface area contributed by atoms with Crippen LogP contribution in [0.5, 0.6) is 0 Å². The van der Waals surface area contributed by atoms with E-state index in [0.717, 1.165) is 24.7 Å². The van der Waals surface area contributed by atoms with Gasteiger partial charge in [-0.3, -0.25) is 0 Å². The number of nitrogens with one attached hydrogen (secondary N) is 1. The maximum atomic E-state index is 11.0. The van der Waals surface area contributed by atoms with Crippen molar-refractivity contribution in [2.75, 3.05) is 0 Å². The molecule has 0 unspecified atom stereocenters. The van der Waals surface area contributed by atoms with Crippen LogP contribution < -0.4 is 10.8 Å². The van der Waals surface area contributed by atoms with Crippen LogP contribution in [-0.2, 0) is 14.8 Å². The third-order valence-electron chi connectivity index (χ3n) is 5.18. The maximum Gasteiger partial charge on any atom is 0.498 e. The highest BCUT2D eigenvalue weighted by atomic mass is 16.7. The number of rotatable bonds is 3. The Kier molecular flexibility index (Phi) is 3.64. The van der Waals surface area contributed by atoms with E-state index in [1.165, 1.54) is 0 Å². The average Bonchev–Trinajstić information content (AvgIpc) is 2.63. The van der Waals surface area contributed by atoms with Crippen molar-refractivity contribution < 1.29 is 19.2 Å². The number of carbonyl (C=O) groups is 1. The van der Waals surface area contributed by atoms with Crippen molar-refractivity contribution in [2.24, 2.45) is 0 Å². The first kappa shape index (κ1) is 16.2. The minimum atomic E-state index is -1.05. The fourth-order valence-corrected chi connectivity index (χ4v) is 2.83. The van der Waals surface area contributed by atoms with Crippen molar-refractivity contribution in [3.8, 4) is 0 Å². The van der Waals surface area contributed by atoms with Gasteiger partial charge in [0.15, 0.2) is 5.82 Å². The molecule has 23 heavy (non-hydrogen) atoms. The molecule has 7 nitrogen and oxygen atoms in total. The summed E-state index contributed by atoms with van der Waals surface area (Å²) in [6, 6.07) is 0. The van der Waals surface area contributed by atoms with Gasteiger partial charge in [-0.05, 0) is 47.0 Å². The predicted molar refractivity (Wildman–Crippen MR) is 84.4 cm³/mol. The molecular formula is C15H22BN3O4. The molecule has 1 aliphatic carbocycles. The molecule has 2 fully saturated rings. The van der Waals surface area contributed by atoms with E-state index >= 15 is 0 Å². The number of carboxylic acid groups (broad SMARTS) is 1. The molecule has 2 heterocycles. The van der Waals surface area contributed by atoms with Crippen molar-refractivity contribution in [2.45, 2.75) is 63.7 Å². The van der Waals surface area contributed by atoms with Gasteiger partial charge in [0.2, 0.25) is 0 Å². The van der Waals surface area contributed by atoms with Gasteiger partial charge in [0, 0.05) is 17.9 Å². The van der Waals surface area contributed by atoms with E-state index in [4.69, 9.17) is 14.4 Å². The molecule has 3 rings (SSSR count). The van der Waals surface area contributed by atoms with Crippen molar-refractivity contribution in [1.82, 2.24) is 15.3 Å². The lowest BCUT2D eigenvalue weighted by Crippen LogP contribution is -2.51. The summed E-state index contributed by atoms with van der Waals surface area (Å²) in [5.74, 6) is 0.506. The van der Waals surface area contributed by atoms with Crippen LogP contribution in [-0.4, -0.2) is 39.5 Å². The molecule has 124 valence electrons. The van der Waals surface area contributed by atoms with E-state index in [2.05, 4.69) is 15.3 Å². The van der Waals surface area contributed by atoms with Crippen LogP contribution in [0.4, 0.5) is 4.79 Å². The summed E-state index contributed by atoms with van der Waals surface area (Å²) in [7, 11) is -0.515. The molecule has 0 atom stereocenters. The molecule has 1 aromatic heterocycles. The average molecular weight is 319 g/mol. The highest BCUT2D eigenvalue weighted by Crippen LogP contribution is 2.39. The topological polar surface area (TPSA) is 93.6 Å². The second-order valence-electron chi connectivity index (χ2n) is 7.29. The normalized spacial score (nSPS) is 24.1. The third kappa shape index (κ3) is 2.70. The summed E-state index contributed by atoms with van der Waals surface area (Å²) in [6.07, 6.45) is 4.66. The van der Waals surface area contributed by atoms with Crippen molar-refractivity contribution in [3.05, 3.63) is 18.2 Å². The van der Waals surface area contributed by atoms with Gasteiger partial charge in [0.1, 0.15) is 5.54 Å². The number of nitrogens with zero attached hydrogens (tertiary/aromatic N) is 2. The van der Waals surface area contributed by atoms with Crippen LogP contribution in [0.15, 0.2) is 12.4 Å². The monoisotopic (exact) mass is 319 g/mol. The van der Waals surface area contributed by atoms with E-state index < -0.39 is 30.0 Å². The zero-order chi connectivity index (χ0) is 16.9. The summed E-state index contributed by atoms with van der Waals surface area (Å²) >= 11 is 0. The first-order chi connectivity index (χ1) is 10.7. The molecule has 2 N–H and O–H groups in total. The van der Waals surface area contributed by atoms with Gasteiger partial charge in [0.25, 0.3) is 0 Å². The Morgan fingerprint density at radius 2 is 1.70 bits per heavy atom. The predicted octanol–water partition coefficient (Wildman–Crippen LogP) is 1.42. The van der Waals surface area contributed by atoms with Gasteiger partial charge >= 0.3 is 13.2 Å². The Balaban J connectivity index is 1.79. The lowest BCUT2D eigenvalue weighted by molar-refractivity contribution is 0.00578. The molecule has 0 aromatic carbocycles. The van der Waals surface area contributed by atoms with E-state index in [1.807, 2.05) is 27.7 Å². The molecule has 0 radical (unpaired) electrons. The number of aromatic nitrogens is 2. The first-order valence-corrected chi connectivity index (χ1v) is 7.84. The van der Waals surface area contributed by atoms with E-state index in [1.54, 1.807) is 12.4 Å². The van der Waals surface area contributed by atoms with Gasteiger partial charge in [-0.1, -0.05) is 0 Å². The fourth-order valence-electron chi connectivity index (χ4n) is 2.83. The molecule has 0 bridgehead atoms. The second-order valence-corrected chi connectivity index (χ2v) is 7.29. The number of hydrogen-bond acceptors (Lipinski definition) is 5. The van der Waals surface area contributed by atoms with Crippen LogP contribution in [0.25, 0.3) is 0 Å². The molecule has 1 aliphatic heterocycles. The van der Waals surface area contributed by atoms with Crippen molar-refractivity contribution >= 4 is 18.7 Å². The molecule has 1 saturated carbocycles. The quantitative estimate of drug-likeness (QED) is 0.819. The summed E-state index contributed by atoms with van der Waals surface area (Å²) in [4.78, 5) is 19.7. The second kappa shape index (κ2) is 5.17. The number of amides is 1. The molecule has 2 aliphatic rings. The highest BCUT2D eigenvalue weighted by Gasteiger charge is 2.52. The van der Waals surface area contributed by atoms with E-state index in [9.17, 15) is 4.79 Å². The summed E-state index contributed by atoms with van der Waals surface area (Å²) < 4.78 is 11.9. The standard InChI is InChI=1S/C15H22BN3O4/c1-13(2)14(3,4)23-16(22-13)10-8-17-11(18-9-10)15(6-5-7-15)19-12(20)21/h8-9,19H,5-7H2,1-4H3,(H,20,21). The fraction of sp³-hybridized carbons (Fsp3) is 0.667. The van der Waals surface area contributed by atoms with Gasteiger partial charge in [0.05, 0.1) is 11.2 Å². The molecular weight excluding hydrogens is 297 g/mol. The Morgan fingerprint density at radius 1 is 1.17 bits per heavy atom. The van der Waals surface area contributed by atoms with Crippen LogP contribution >= 0.6 is 0 Å². The molecule has 8 heteroatoms. The molecule has 1 saturated heterocycles. The minimum Gasteiger partial charge on any atom is -0.465 e. The van der Waals surface area contributed by atoms with E-state index in [0.29, 0.717) is 5.82 Å². The van der Waals surface area contributed by atoms with E-state index in [-0.39, 0.29) is 0 Å². The summed E-state index contributed by atoms with van der Waals surface area (Å²) in [5, 5.41) is 11.6. The third-order valence-corrected chi connectivity index (χ3v) is 5.18. The summed E-state index contributed by atoms with van der Waals surface area (Å²) in [6.45, 7) is 7.95. The first-order valence-electron chi connectivity index (χ1n) is 7.84. The Bertz CT molecular complexity index is 598. The van der Waals surface area contributed by atoms with Gasteiger partial charge in [-0.2, -0.15) is 0 Å². The Morgan fingerprint density at radius 3 is 2.09 bits per heavy atom. The van der Waals surface area contributed by atoms with Gasteiger partial charge in [-0.15, -0.1) is 0 Å². The van der Waals surface area contributed by atoms with Crippen LogP contribution in [0, 0.1) is 0 Å². The molecule has 1 amide bonds. The minimum absolute atomic E-state index is 0.420. The van der Waals surface area contributed by atoms with Crippen LogP contribution in [0.2, 0.25) is 0 Å². The number of hydrogen-bond donors (Lipinski definition) is 2. The lowest BCUT2D eigenvalue weighted by Gasteiger charge is -2.39. The lowest BCUT2D eigenvalue weighted by atomic mass is 9.75. The highest BCUT2D eigenvalue weighted by molar-refractivity contribution is 6.61. The smallest absolute Gasteiger partial charge is 0.465 e. The Hall–Kier alpha value is -1.67. The van der Waals surface area contributed by atoms with Crippen LogP contribution in [0.1, 0.15) is 52.8 Å². The zero-order valence-corrected chi connectivity index (χ0v) is 13.9. The zero-order valence-electron chi connectivity index (χ0n) is 13.9. The SMILES string of the molecule is CC1(C)OB(c2cnc(C3(NC(=O)O)CCC3)nc2)OC1(C)C. The maximum absolute atomic E-state index is 11.0.